The van der Waals surface area contributed by atoms with Crippen molar-refractivity contribution in [3.05, 3.63) is 54.4 Å². The van der Waals surface area contributed by atoms with Crippen molar-refractivity contribution in [2.45, 2.75) is 6.42 Å². The smallest absolute Gasteiger partial charge is 0.307 e. The first-order chi connectivity index (χ1) is 10.2. The second kappa shape index (κ2) is 5.54. The van der Waals surface area contributed by atoms with Crippen LogP contribution in [0, 0.1) is 0 Å². The third-order valence-corrected chi connectivity index (χ3v) is 2.81. The van der Waals surface area contributed by atoms with Crippen LogP contribution in [-0.2, 0) is 11.2 Å². The van der Waals surface area contributed by atoms with Gasteiger partial charge in [-0.1, -0.05) is 12.1 Å². The summed E-state index contributed by atoms with van der Waals surface area (Å²) in [5.41, 5.74) is 1.92. The van der Waals surface area contributed by atoms with E-state index in [0.29, 0.717) is 28.4 Å². The molecule has 0 atom stereocenters. The van der Waals surface area contributed by atoms with Crippen molar-refractivity contribution in [1.82, 2.24) is 15.0 Å². The Labute approximate surface area is 120 Å². The van der Waals surface area contributed by atoms with Crippen molar-refractivity contribution in [2.24, 2.45) is 0 Å². The fourth-order valence-electron chi connectivity index (χ4n) is 1.86. The number of pyridine rings is 1. The summed E-state index contributed by atoms with van der Waals surface area (Å²) < 4.78 is 5.62. The number of ether oxygens (including phenoxy) is 1. The molecule has 0 aliphatic heterocycles. The summed E-state index contributed by atoms with van der Waals surface area (Å²) in [6.07, 6.45) is 3.16. The van der Waals surface area contributed by atoms with Crippen molar-refractivity contribution in [3.8, 4) is 11.6 Å². The molecule has 0 spiro atoms. The van der Waals surface area contributed by atoms with E-state index in [1.807, 2.05) is 0 Å². The van der Waals surface area contributed by atoms with E-state index in [4.69, 9.17) is 9.84 Å². The summed E-state index contributed by atoms with van der Waals surface area (Å²) in [4.78, 5) is 23.1. The normalized spacial score (nSPS) is 10.5. The van der Waals surface area contributed by atoms with Crippen molar-refractivity contribution in [3.63, 3.8) is 0 Å². The molecular formula is C15H11N3O3. The molecule has 2 heterocycles. The summed E-state index contributed by atoms with van der Waals surface area (Å²) >= 11 is 0. The molecule has 0 bridgehead atoms. The summed E-state index contributed by atoms with van der Waals surface area (Å²) in [7, 11) is 0. The van der Waals surface area contributed by atoms with Gasteiger partial charge < -0.3 is 9.84 Å². The minimum Gasteiger partial charge on any atom is -0.481 e. The lowest BCUT2D eigenvalue weighted by molar-refractivity contribution is -0.136. The molecule has 0 aliphatic rings. The van der Waals surface area contributed by atoms with Gasteiger partial charge in [0.25, 0.3) is 0 Å². The van der Waals surface area contributed by atoms with Crippen molar-refractivity contribution in [2.75, 3.05) is 0 Å². The van der Waals surface area contributed by atoms with Crippen LogP contribution in [0.2, 0.25) is 0 Å². The number of nitrogens with zero attached hydrogens (tertiary/aromatic N) is 3. The molecule has 0 saturated heterocycles. The number of aromatic nitrogens is 3. The van der Waals surface area contributed by atoms with Crippen LogP contribution in [0.5, 0.6) is 11.6 Å². The third-order valence-electron chi connectivity index (χ3n) is 2.81. The van der Waals surface area contributed by atoms with Gasteiger partial charge in [0.15, 0.2) is 5.65 Å². The maximum Gasteiger partial charge on any atom is 0.307 e. The average Bonchev–Trinajstić information content (AvgIpc) is 2.49. The van der Waals surface area contributed by atoms with E-state index < -0.39 is 5.97 Å². The minimum absolute atomic E-state index is 0.00983. The monoisotopic (exact) mass is 281 g/mol. The summed E-state index contributed by atoms with van der Waals surface area (Å²) in [6, 6.07) is 10.3. The molecule has 0 unspecified atom stereocenters. The van der Waals surface area contributed by atoms with Gasteiger partial charge in [0.1, 0.15) is 11.3 Å². The quantitative estimate of drug-likeness (QED) is 0.790. The van der Waals surface area contributed by atoms with Gasteiger partial charge in [0.05, 0.1) is 6.42 Å². The third kappa shape index (κ3) is 3.11. The number of carbonyl (C=O) groups is 1. The van der Waals surface area contributed by atoms with Gasteiger partial charge in [0.2, 0.25) is 5.88 Å². The SMILES string of the molecule is O=C(O)Cc1ccc(Oc2ccc3nccnc3n2)cc1. The lowest BCUT2D eigenvalue weighted by Crippen LogP contribution is -1.99. The Kier molecular flexibility index (Phi) is 3.42. The highest BCUT2D eigenvalue weighted by Gasteiger charge is 2.04. The fraction of sp³-hybridized carbons (Fsp3) is 0.0667. The molecule has 1 aromatic carbocycles. The number of aliphatic carboxylic acids is 1. The number of fused-ring (bicyclic) bond motifs is 1. The molecule has 0 amide bonds. The minimum atomic E-state index is -0.863. The topological polar surface area (TPSA) is 85.2 Å². The van der Waals surface area contributed by atoms with Crippen molar-refractivity contribution in [1.29, 1.82) is 0 Å². The Hall–Kier alpha value is -3.02. The molecule has 21 heavy (non-hydrogen) atoms. The van der Waals surface area contributed by atoms with Crippen LogP contribution in [0.25, 0.3) is 11.2 Å². The zero-order chi connectivity index (χ0) is 14.7. The lowest BCUT2D eigenvalue weighted by Gasteiger charge is -2.05. The molecule has 104 valence electrons. The standard InChI is InChI=1S/C15H11N3O3/c19-14(20)9-10-1-3-11(4-2-10)21-13-6-5-12-15(18-13)17-8-7-16-12/h1-8H,9H2,(H,19,20). The van der Waals surface area contributed by atoms with Crippen LogP contribution >= 0.6 is 0 Å². The van der Waals surface area contributed by atoms with Crippen molar-refractivity contribution >= 4 is 17.1 Å². The Morgan fingerprint density at radius 2 is 1.81 bits per heavy atom. The molecule has 1 N–H and O–H groups in total. The van der Waals surface area contributed by atoms with E-state index >= 15 is 0 Å². The van der Waals surface area contributed by atoms with Crippen LogP contribution in [0.15, 0.2) is 48.8 Å². The summed E-state index contributed by atoms with van der Waals surface area (Å²) in [5, 5.41) is 8.72. The number of benzene rings is 1. The summed E-state index contributed by atoms with van der Waals surface area (Å²) in [6.45, 7) is 0. The van der Waals surface area contributed by atoms with Gasteiger partial charge in [0, 0.05) is 18.5 Å². The van der Waals surface area contributed by atoms with E-state index in [2.05, 4.69) is 15.0 Å². The molecule has 0 saturated carbocycles. The number of hydrogen-bond acceptors (Lipinski definition) is 5. The average molecular weight is 281 g/mol. The molecule has 6 heteroatoms. The maximum absolute atomic E-state index is 10.6. The van der Waals surface area contributed by atoms with Crippen LogP contribution < -0.4 is 4.74 Å². The van der Waals surface area contributed by atoms with Gasteiger partial charge in [-0.05, 0) is 23.8 Å². The molecule has 0 aliphatic carbocycles. The number of hydrogen-bond donors (Lipinski definition) is 1. The Morgan fingerprint density at radius 1 is 1.05 bits per heavy atom. The van der Waals surface area contributed by atoms with E-state index in [0.717, 1.165) is 0 Å². The van der Waals surface area contributed by atoms with Crippen LogP contribution in [0.1, 0.15) is 5.56 Å². The molecule has 6 nitrogen and oxygen atoms in total. The van der Waals surface area contributed by atoms with Gasteiger partial charge >= 0.3 is 5.97 Å². The predicted octanol–water partition coefficient (Wildman–Crippen LogP) is 2.44. The van der Waals surface area contributed by atoms with E-state index in [1.165, 1.54) is 0 Å². The Bertz CT molecular complexity index is 788. The lowest BCUT2D eigenvalue weighted by atomic mass is 10.1. The molecule has 0 fully saturated rings. The highest BCUT2D eigenvalue weighted by molar-refractivity contribution is 5.70. The zero-order valence-electron chi connectivity index (χ0n) is 10.9. The molecular weight excluding hydrogens is 270 g/mol. The largest absolute Gasteiger partial charge is 0.481 e. The van der Waals surface area contributed by atoms with Gasteiger partial charge in [-0.15, -0.1) is 0 Å². The first-order valence-electron chi connectivity index (χ1n) is 6.27. The van der Waals surface area contributed by atoms with Gasteiger partial charge in [-0.3, -0.25) is 9.78 Å². The summed E-state index contributed by atoms with van der Waals surface area (Å²) in [5.74, 6) is 0.132. The van der Waals surface area contributed by atoms with Crippen LogP contribution in [0.3, 0.4) is 0 Å². The Balaban J connectivity index is 1.79. The van der Waals surface area contributed by atoms with Crippen LogP contribution in [-0.4, -0.2) is 26.0 Å². The second-order valence-corrected chi connectivity index (χ2v) is 4.37. The number of carboxylic acid groups (broad SMARTS) is 1. The fourth-order valence-corrected chi connectivity index (χ4v) is 1.86. The van der Waals surface area contributed by atoms with E-state index in [1.54, 1.807) is 48.8 Å². The van der Waals surface area contributed by atoms with Gasteiger partial charge in [-0.25, -0.2) is 4.98 Å². The highest BCUT2D eigenvalue weighted by Crippen LogP contribution is 2.21. The second-order valence-electron chi connectivity index (χ2n) is 4.37. The molecule has 3 aromatic rings. The zero-order valence-corrected chi connectivity index (χ0v) is 10.9. The van der Waals surface area contributed by atoms with Crippen LogP contribution in [0.4, 0.5) is 0 Å². The first-order valence-corrected chi connectivity index (χ1v) is 6.27. The van der Waals surface area contributed by atoms with Crippen molar-refractivity contribution < 1.29 is 14.6 Å². The van der Waals surface area contributed by atoms with E-state index in [9.17, 15) is 4.79 Å². The maximum atomic E-state index is 10.6. The molecule has 3 rings (SSSR count). The Morgan fingerprint density at radius 3 is 2.57 bits per heavy atom. The van der Waals surface area contributed by atoms with Gasteiger partial charge in [-0.2, -0.15) is 4.98 Å². The number of rotatable bonds is 4. The highest BCUT2D eigenvalue weighted by atomic mass is 16.5. The van der Waals surface area contributed by atoms with E-state index in [-0.39, 0.29) is 6.42 Å². The molecule has 0 radical (unpaired) electrons. The predicted molar refractivity (Wildman–Crippen MR) is 75.2 cm³/mol. The number of carboxylic acids is 1. The first kappa shape index (κ1) is 13.0. The molecule has 2 aromatic heterocycles.